The summed E-state index contributed by atoms with van der Waals surface area (Å²) >= 11 is 0. The summed E-state index contributed by atoms with van der Waals surface area (Å²) in [5.41, 5.74) is 2.82. The molecule has 0 saturated heterocycles. The fourth-order valence-electron chi connectivity index (χ4n) is 1.20. The first-order chi connectivity index (χ1) is 5.79. The van der Waals surface area contributed by atoms with E-state index in [9.17, 15) is 0 Å². The van der Waals surface area contributed by atoms with E-state index < -0.39 is 0 Å². The van der Waals surface area contributed by atoms with Gasteiger partial charge in [0, 0.05) is 19.4 Å². The molecule has 60 valence electrons. The largest absolute Gasteiger partial charge is 0.306 e. The van der Waals surface area contributed by atoms with Crippen molar-refractivity contribution in [2.45, 2.75) is 6.92 Å². The van der Waals surface area contributed by atoms with Gasteiger partial charge in [0.25, 0.3) is 0 Å². The van der Waals surface area contributed by atoms with Gasteiger partial charge in [-0.1, -0.05) is 5.92 Å². The van der Waals surface area contributed by atoms with E-state index in [1.807, 2.05) is 35.9 Å². The highest BCUT2D eigenvalue weighted by molar-refractivity contribution is 5.44. The topological polar surface area (TPSA) is 17.3 Å². The Bertz CT molecular complexity index is 465. The molecular formula is C10H10N2. The molecule has 0 unspecified atom stereocenters. The molecule has 2 rings (SSSR count). The van der Waals surface area contributed by atoms with E-state index in [0.29, 0.717) is 0 Å². The van der Waals surface area contributed by atoms with Crippen molar-refractivity contribution in [1.82, 2.24) is 9.38 Å². The Morgan fingerprint density at radius 1 is 1.50 bits per heavy atom. The van der Waals surface area contributed by atoms with Crippen LogP contribution in [0, 0.1) is 19.3 Å². The van der Waals surface area contributed by atoms with Crippen molar-refractivity contribution in [3.63, 3.8) is 0 Å². The summed E-state index contributed by atoms with van der Waals surface area (Å²) in [7, 11) is 0. The number of fused-ring (bicyclic) bond motifs is 1. The lowest BCUT2D eigenvalue weighted by Crippen LogP contribution is -1.83. The Morgan fingerprint density at radius 2 is 2.33 bits per heavy atom. The van der Waals surface area contributed by atoms with E-state index in [1.54, 1.807) is 0 Å². The first kappa shape index (κ1) is 6.93. The number of aryl methyl sites for hydroxylation is 1. The summed E-state index contributed by atoms with van der Waals surface area (Å²) < 4.78 is 1.94. The van der Waals surface area contributed by atoms with E-state index in [2.05, 4.69) is 10.9 Å². The molecule has 0 aliphatic carbocycles. The monoisotopic (exact) mass is 158 g/mol. The van der Waals surface area contributed by atoms with Crippen LogP contribution in [0.4, 0.5) is 0 Å². The molecule has 0 aromatic carbocycles. The lowest BCUT2D eigenvalue weighted by molar-refractivity contribution is 1.18. The van der Waals surface area contributed by atoms with Crippen molar-refractivity contribution in [3.05, 3.63) is 35.8 Å². The number of nitrogens with zero attached hydrogens (tertiary/aromatic N) is 2. The highest BCUT2D eigenvalue weighted by atomic mass is 15.0. The van der Waals surface area contributed by atoms with Crippen LogP contribution in [0.1, 0.15) is 12.7 Å². The highest BCUT2D eigenvalue weighted by Crippen LogP contribution is 2.05. The Hall–Kier alpha value is -1.75. The smallest absolute Gasteiger partial charge is 0.137 e. The fourth-order valence-corrected chi connectivity index (χ4v) is 1.20. The number of hydrogen-bond donors (Lipinski definition) is 0. The van der Waals surface area contributed by atoms with Crippen LogP contribution < -0.4 is 0 Å². The van der Waals surface area contributed by atoms with Crippen molar-refractivity contribution >= 4 is 5.65 Å². The van der Waals surface area contributed by atoms with Gasteiger partial charge in [-0.05, 0) is 19.1 Å². The number of imidazole rings is 1. The van der Waals surface area contributed by atoms with Crippen LogP contribution in [0.3, 0.4) is 0 Å². The molecule has 0 aliphatic heterocycles. The Labute approximate surface area is 72.3 Å². The number of pyridine rings is 1. The Balaban J connectivity index is 0.000000845. The van der Waals surface area contributed by atoms with Crippen LogP contribution >= 0.6 is 0 Å². The summed E-state index contributed by atoms with van der Waals surface area (Å²) in [4.78, 5) is 4.28. The molecule has 12 heavy (non-hydrogen) atoms. The van der Waals surface area contributed by atoms with Gasteiger partial charge in [0.2, 0.25) is 0 Å². The summed E-state index contributed by atoms with van der Waals surface area (Å²) in [5, 5.41) is 0. The van der Waals surface area contributed by atoms with E-state index in [-0.39, 0.29) is 1.43 Å². The number of aromatic nitrogens is 2. The molecule has 0 spiro atoms. The minimum Gasteiger partial charge on any atom is -0.306 e. The molecule has 0 aliphatic rings. The average Bonchev–Trinajstić information content (AvgIpc) is 2.43. The maximum atomic E-state index is 5.26. The Morgan fingerprint density at radius 3 is 3.08 bits per heavy atom. The molecule has 2 aromatic heterocycles. The third kappa shape index (κ3) is 0.960. The van der Waals surface area contributed by atoms with Gasteiger partial charge in [0.1, 0.15) is 5.65 Å². The Kier molecular flexibility index (Phi) is 1.38. The van der Waals surface area contributed by atoms with Gasteiger partial charge in [0.15, 0.2) is 0 Å². The number of hydrogen-bond acceptors (Lipinski definition) is 1. The number of rotatable bonds is 0. The van der Waals surface area contributed by atoms with Gasteiger partial charge in [-0.3, -0.25) is 0 Å². The van der Waals surface area contributed by atoms with Gasteiger partial charge in [-0.15, -0.1) is 6.42 Å². The maximum absolute atomic E-state index is 5.26. The van der Waals surface area contributed by atoms with Gasteiger partial charge < -0.3 is 4.40 Å². The van der Waals surface area contributed by atoms with Crippen molar-refractivity contribution in [2.75, 3.05) is 0 Å². The third-order valence-corrected chi connectivity index (χ3v) is 1.74. The van der Waals surface area contributed by atoms with Crippen LogP contribution in [-0.4, -0.2) is 9.38 Å². The second-order valence-electron chi connectivity index (χ2n) is 2.71. The SMILES string of the molecule is C#Cc1ccc2nc(C)cn2c1.[HH]. The van der Waals surface area contributed by atoms with Crippen molar-refractivity contribution in [1.29, 1.82) is 0 Å². The molecule has 0 bridgehead atoms. The van der Waals surface area contributed by atoms with Crippen LogP contribution in [0.5, 0.6) is 0 Å². The zero-order chi connectivity index (χ0) is 8.55. The molecule has 0 amide bonds. The molecule has 0 fully saturated rings. The molecule has 2 nitrogen and oxygen atoms in total. The molecule has 2 heterocycles. The quantitative estimate of drug-likeness (QED) is 0.535. The average molecular weight is 158 g/mol. The molecular weight excluding hydrogens is 148 g/mol. The van der Waals surface area contributed by atoms with E-state index in [0.717, 1.165) is 16.9 Å². The standard InChI is InChI=1S/C10H8N2.H2/c1-3-9-4-5-10-11-8(2)6-12(10)7-9;/h1,4-7H,2H3;1H. The maximum Gasteiger partial charge on any atom is 0.137 e. The molecule has 0 atom stereocenters. The van der Waals surface area contributed by atoms with Gasteiger partial charge in [-0.2, -0.15) is 0 Å². The minimum atomic E-state index is 0. The van der Waals surface area contributed by atoms with Crippen molar-refractivity contribution in [3.8, 4) is 12.3 Å². The van der Waals surface area contributed by atoms with Gasteiger partial charge in [0.05, 0.1) is 5.69 Å². The highest BCUT2D eigenvalue weighted by Gasteiger charge is 1.96. The predicted molar refractivity (Wildman–Crippen MR) is 50.0 cm³/mol. The second kappa shape index (κ2) is 2.38. The second-order valence-corrected chi connectivity index (χ2v) is 2.71. The molecule has 2 heteroatoms. The van der Waals surface area contributed by atoms with Crippen LogP contribution in [0.15, 0.2) is 24.5 Å². The van der Waals surface area contributed by atoms with Gasteiger partial charge >= 0.3 is 0 Å². The lowest BCUT2D eigenvalue weighted by Gasteiger charge is -1.92. The van der Waals surface area contributed by atoms with Crippen LogP contribution in [-0.2, 0) is 0 Å². The van der Waals surface area contributed by atoms with E-state index in [4.69, 9.17) is 6.42 Å². The molecule has 0 radical (unpaired) electrons. The molecule has 2 aromatic rings. The predicted octanol–water partition coefficient (Wildman–Crippen LogP) is 1.87. The third-order valence-electron chi connectivity index (χ3n) is 1.74. The first-order valence-electron chi connectivity index (χ1n) is 3.71. The van der Waals surface area contributed by atoms with E-state index in [1.165, 1.54) is 0 Å². The zero-order valence-electron chi connectivity index (χ0n) is 6.78. The van der Waals surface area contributed by atoms with Crippen molar-refractivity contribution in [2.24, 2.45) is 0 Å². The fraction of sp³-hybridized carbons (Fsp3) is 0.100. The summed E-state index contributed by atoms with van der Waals surface area (Å²) in [6.07, 6.45) is 9.12. The van der Waals surface area contributed by atoms with Crippen LogP contribution in [0.2, 0.25) is 0 Å². The zero-order valence-corrected chi connectivity index (χ0v) is 6.78. The van der Waals surface area contributed by atoms with Crippen molar-refractivity contribution < 1.29 is 1.43 Å². The van der Waals surface area contributed by atoms with E-state index >= 15 is 0 Å². The molecule has 0 saturated carbocycles. The van der Waals surface area contributed by atoms with Crippen LogP contribution in [0.25, 0.3) is 5.65 Å². The minimum absolute atomic E-state index is 0. The summed E-state index contributed by atoms with van der Waals surface area (Å²) in [5.74, 6) is 2.58. The first-order valence-corrected chi connectivity index (χ1v) is 3.71. The summed E-state index contributed by atoms with van der Waals surface area (Å²) in [6.45, 7) is 1.96. The summed E-state index contributed by atoms with van der Waals surface area (Å²) in [6, 6.07) is 3.81. The normalized spacial score (nSPS) is 10.0. The lowest BCUT2D eigenvalue weighted by atomic mass is 10.3. The van der Waals surface area contributed by atoms with Gasteiger partial charge in [-0.25, -0.2) is 4.98 Å². The molecule has 0 N–H and O–H groups in total. The number of terminal acetylenes is 1.